The van der Waals surface area contributed by atoms with Gasteiger partial charge in [-0.3, -0.25) is 0 Å². The first-order valence-corrected chi connectivity index (χ1v) is 12.7. The monoisotopic (exact) mass is 458 g/mol. The second-order valence-electron chi connectivity index (χ2n) is 9.64. The molecule has 0 saturated carbocycles. The van der Waals surface area contributed by atoms with Crippen LogP contribution in [0.5, 0.6) is 0 Å². The molecule has 0 amide bonds. The molecule has 1 unspecified atom stereocenters. The highest BCUT2D eigenvalue weighted by molar-refractivity contribution is 6.19. The predicted octanol–water partition coefficient (Wildman–Crippen LogP) is 9.94. The second kappa shape index (κ2) is 8.66. The second-order valence-corrected chi connectivity index (χ2v) is 9.64. The zero-order valence-corrected chi connectivity index (χ0v) is 20.1. The fraction of sp³-hybridized carbons (Fsp3) is 0.0556. The van der Waals surface area contributed by atoms with Gasteiger partial charge in [-0.1, -0.05) is 140 Å². The lowest BCUT2D eigenvalue weighted by Gasteiger charge is -2.22. The predicted molar refractivity (Wildman–Crippen MR) is 155 cm³/mol. The van der Waals surface area contributed by atoms with Crippen LogP contribution in [-0.4, -0.2) is 0 Å². The van der Waals surface area contributed by atoms with Crippen molar-refractivity contribution in [3.05, 3.63) is 151 Å². The molecular weight excluding hydrogens is 432 g/mol. The van der Waals surface area contributed by atoms with Crippen LogP contribution in [0, 0.1) is 0 Å². The number of hydrogen-bond acceptors (Lipinski definition) is 0. The maximum absolute atomic E-state index is 2.50. The number of benzene rings is 6. The molecule has 0 nitrogen and oxygen atoms in total. The van der Waals surface area contributed by atoms with E-state index in [4.69, 9.17) is 0 Å². The molecule has 0 radical (unpaired) electrons. The average molecular weight is 459 g/mol. The van der Waals surface area contributed by atoms with E-state index in [0.29, 0.717) is 5.92 Å². The third-order valence-corrected chi connectivity index (χ3v) is 7.57. The minimum Gasteiger partial charge on any atom is -0.0830 e. The van der Waals surface area contributed by atoms with Gasteiger partial charge in [-0.25, -0.2) is 0 Å². The molecule has 1 aliphatic carbocycles. The van der Waals surface area contributed by atoms with Gasteiger partial charge < -0.3 is 0 Å². The van der Waals surface area contributed by atoms with E-state index in [9.17, 15) is 0 Å². The first-order valence-electron chi connectivity index (χ1n) is 12.7. The van der Waals surface area contributed by atoms with Gasteiger partial charge in [-0.05, 0) is 66.6 Å². The largest absolute Gasteiger partial charge is 0.0830 e. The van der Waals surface area contributed by atoms with E-state index in [-0.39, 0.29) is 0 Å². The molecule has 0 saturated heterocycles. The van der Waals surface area contributed by atoms with E-state index >= 15 is 0 Å². The Balaban J connectivity index is 1.50. The molecule has 0 heterocycles. The van der Waals surface area contributed by atoms with Crippen LogP contribution in [0.3, 0.4) is 0 Å². The highest BCUT2D eigenvalue weighted by Gasteiger charge is 2.20. The number of allylic oxidation sites excluding steroid dienone is 4. The number of fused-ring (bicyclic) bond motifs is 3. The van der Waals surface area contributed by atoms with Gasteiger partial charge in [0.25, 0.3) is 0 Å². The third-order valence-electron chi connectivity index (χ3n) is 7.57. The summed E-state index contributed by atoms with van der Waals surface area (Å²) in [5.41, 5.74) is 6.63. The van der Waals surface area contributed by atoms with Crippen molar-refractivity contribution in [2.75, 3.05) is 0 Å². The molecule has 1 atom stereocenters. The topological polar surface area (TPSA) is 0 Å². The lowest BCUT2D eigenvalue weighted by atomic mass is 9.81. The van der Waals surface area contributed by atoms with Crippen LogP contribution >= 0.6 is 0 Å². The molecule has 0 spiro atoms. The molecule has 0 N–H and O–H groups in total. The van der Waals surface area contributed by atoms with Gasteiger partial charge in [-0.15, -0.1) is 0 Å². The first kappa shape index (κ1) is 20.9. The maximum atomic E-state index is 2.50. The molecule has 7 rings (SSSR count). The molecule has 6 aromatic rings. The van der Waals surface area contributed by atoms with E-state index in [1.54, 1.807) is 0 Å². The summed E-state index contributed by atoms with van der Waals surface area (Å²) in [6, 6.07) is 44.1. The van der Waals surface area contributed by atoms with Gasteiger partial charge in [0.2, 0.25) is 0 Å². The number of rotatable bonds is 3. The van der Waals surface area contributed by atoms with E-state index in [0.717, 1.165) is 6.42 Å². The molecule has 36 heavy (non-hydrogen) atoms. The van der Waals surface area contributed by atoms with Crippen LogP contribution in [0.4, 0.5) is 0 Å². The van der Waals surface area contributed by atoms with Gasteiger partial charge >= 0.3 is 0 Å². The van der Waals surface area contributed by atoms with Gasteiger partial charge in [0, 0.05) is 5.92 Å². The summed E-state index contributed by atoms with van der Waals surface area (Å²) in [5, 5.41) is 7.89. The van der Waals surface area contributed by atoms with Gasteiger partial charge in [0.05, 0.1) is 0 Å². The Bertz CT molecular complexity index is 1740. The van der Waals surface area contributed by atoms with Crippen molar-refractivity contribution in [2.24, 2.45) is 0 Å². The number of hydrogen-bond donors (Lipinski definition) is 0. The third kappa shape index (κ3) is 3.38. The van der Waals surface area contributed by atoms with Crippen LogP contribution in [0.15, 0.2) is 140 Å². The van der Waals surface area contributed by atoms with Crippen molar-refractivity contribution in [2.45, 2.75) is 12.3 Å². The van der Waals surface area contributed by atoms with Crippen molar-refractivity contribution in [3.8, 4) is 11.1 Å². The lowest BCUT2D eigenvalue weighted by Crippen LogP contribution is -2.01. The fourth-order valence-corrected chi connectivity index (χ4v) is 5.99. The molecule has 170 valence electrons. The molecule has 0 heteroatoms. The SMILES string of the molecule is C1=CC(c2c3ccccc3c(-c3ccccc3)c3ccccc23)=CC(c2cccc3ccccc23)C1. The zero-order valence-electron chi connectivity index (χ0n) is 20.1. The van der Waals surface area contributed by atoms with Crippen molar-refractivity contribution >= 4 is 37.9 Å². The summed E-state index contributed by atoms with van der Waals surface area (Å²) in [4.78, 5) is 0. The lowest BCUT2D eigenvalue weighted by molar-refractivity contribution is 0.866. The highest BCUT2D eigenvalue weighted by atomic mass is 14.2. The smallest absolute Gasteiger partial charge is 0.00679 e. The van der Waals surface area contributed by atoms with Gasteiger partial charge in [0.15, 0.2) is 0 Å². The Morgan fingerprint density at radius 2 is 1.03 bits per heavy atom. The Morgan fingerprint density at radius 3 is 1.72 bits per heavy atom. The van der Waals surface area contributed by atoms with Crippen LogP contribution in [-0.2, 0) is 0 Å². The van der Waals surface area contributed by atoms with Crippen LogP contribution < -0.4 is 0 Å². The Hall–Kier alpha value is -4.42. The summed E-state index contributed by atoms with van der Waals surface area (Å²) in [6.07, 6.45) is 8.21. The zero-order chi connectivity index (χ0) is 23.9. The quantitative estimate of drug-likeness (QED) is 0.231. The summed E-state index contributed by atoms with van der Waals surface area (Å²) in [7, 11) is 0. The molecular formula is C36H26. The minimum absolute atomic E-state index is 0.349. The fourth-order valence-electron chi connectivity index (χ4n) is 5.99. The van der Waals surface area contributed by atoms with Crippen molar-refractivity contribution < 1.29 is 0 Å². The highest BCUT2D eigenvalue weighted by Crippen LogP contribution is 2.44. The molecule has 1 aliphatic rings. The summed E-state index contributed by atoms with van der Waals surface area (Å²) >= 11 is 0. The summed E-state index contributed by atoms with van der Waals surface area (Å²) < 4.78 is 0. The van der Waals surface area contributed by atoms with E-state index in [1.807, 2.05) is 0 Å². The summed E-state index contributed by atoms with van der Waals surface area (Å²) in [5.74, 6) is 0.349. The van der Waals surface area contributed by atoms with Crippen molar-refractivity contribution in [3.63, 3.8) is 0 Å². The van der Waals surface area contributed by atoms with E-state index < -0.39 is 0 Å². The standard InChI is InChI=1S/C36H26/c1-2-13-26(14-3-1)35-31-19-6-8-21-33(31)36(34-22-9-7-20-32(34)35)28-17-10-16-27(24-28)30-23-11-15-25-12-4-5-18-29(25)30/h1-15,17-24,27H,16H2. The average Bonchev–Trinajstić information content (AvgIpc) is 2.96. The normalized spacial score (nSPS) is 15.4. The maximum Gasteiger partial charge on any atom is 0.00679 e. The molecule has 0 aliphatic heterocycles. The van der Waals surface area contributed by atoms with E-state index in [2.05, 4.69) is 140 Å². The van der Waals surface area contributed by atoms with Crippen LogP contribution in [0.2, 0.25) is 0 Å². The van der Waals surface area contributed by atoms with Gasteiger partial charge in [-0.2, -0.15) is 0 Å². The minimum atomic E-state index is 0.349. The Morgan fingerprint density at radius 1 is 0.472 bits per heavy atom. The van der Waals surface area contributed by atoms with Crippen LogP contribution in [0.1, 0.15) is 23.5 Å². The van der Waals surface area contributed by atoms with Gasteiger partial charge in [0.1, 0.15) is 0 Å². The Labute approximate surface area is 211 Å². The summed E-state index contributed by atoms with van der Waals surface area (Å²) in [6.45, 7) is 0. The van der Waals surface area contributed by atoms with Crippen molar-refractivity contribution in [1.29, 1.82) is 0 Å². The van der Waals surface area contributed by atoms with Crippen molar-refractivity contribution in [1.82, 2.24) is 0 Å². The first-order chi connectivity index (χ1) is 17.9. The molecule has 6 aromatic carbocycles. The molecule has 0 fully saturated rings. The van der Waals surface area contributed by atoms with E-state index in [1.165, 1.54) is 60.1 Å². The van der Waals surface area contributed by atoms with Crippen LogP contribution in [0.25, 0.3) is 49.0 Å². The molecule has 0 bridgehead atoms. The molecule has 0 aromatic heterocycles. The Kier molecular flexibility index (Phi) is 5.03.